The number of aryl methyl sites for hydroxylation is 1. The number of halogens is 1. The molecule has 0 aliphatic carbocycles. The average Bonchev–Trinajstić information content (AvgIpc) is 2.91. The van der Waals surface area contributed by atoms with Crippen LogP contribution in [0.15, 0.2) is 47.5 Å². The van der Waals surface area contributed by atoms with Crippen LogP contribution in [0.3, 0.4) is 0 Å². The lowest BCUT2D eigenvalue weighted by Gasteiger charge is -2.09. The molecule has 5 nitrogen and oxygen atoms in total. The number of hydrogen-bond donors (Lipinski definition) is 2. The van der Waals surface area contributed by atoms with Crippen molar-refractivity contribution in [2.75, 3.05) is 4.72 Å². The van der Waals surface area contributed by atoms with Crippen molar-refractivity contribution in [2.45, 2.75) is 11.8 Å². The number of H-pyrrole nitrogens is 1. The molecule has 0 saturated carbocycles. The van der Waals surface area contributed by atoms with Gasteiger partial charge in [-0.1, -0.05) is 12.1 Å². The molecule has 2 N–H and O–H groups in total. The first-order chi connectivity index (χ1) is 9.97. The first-order valence-electron chi connectivity index (χ1n) is 6.18. The number of benzene rings is 2. The van der Waals surface area contributed by atoms with Gasteiger partial charge < -0.3 is 0 Å². The van der Waals surface area contributed by atoms with Crippen molar-refractivity contribution < 1.29 is 12.8 Å². The van der Waals surface area contributed by atoms with Gasteiger partial charge in [-0.3, -0.25) is 9.82 Å². The molecule has 0 radical (unpaired) electrons. The molecule has 0 amide bonds. The van der Waals surface area contributed by atoms with Gasteiger partial charge >= 0.3 is 0 Å². The largest absolute Gasteiger partial charge is 0.279 e. The summed E-state index contributed by atoms with van der Waals surface area (Å²) in [6.07, 6.45) is 1.53. The SMILES string of the molecule is Cc1ccc(S(=O)(=O)Nc2cccc3[nH]ncc23)cc1F. The van der Waals surface area contributed by atoms with Crippen LogP contribution in [-0.4, -0.2) is 18.6 Å². The number of hydrogen-bond acceptors (Lipinski definition) is 3. The molecule has 7 heteroatoms. The maximum absolute atomic E-state index is 13.5. The Kier molecular flexibility index (Phi) is 3.13. The summed E-state index contributed by atoms with van der Waals surface area (Å²) in [4.78, 5) is -0.119. The number of anilines is 1. The normalized spacial score (nSPS) is 11.7. The summed E-state index contributed by atoms with van der Waals surface area (Å²) in [5, 5.41) is 7.27. The zero-order chi connectivity index (χ0) is 15.0. The lowest BCUT2D eigenvalue weighted by atomic mass is 10.2. The summed E-state index contributed by atoms with van der Waals surface area (Å²) in [7, 11) is -3.85. The van der Waals surface area contributed by atoms with E-state index in [0.717, 1.165) is 6.07 Å². The summed E-state index contributed by atoms with van der Waals surface area (Å²) >= 11 is 0. The molecular weight excluding hydrogens is 293 g/mol. The molecule has 0 atom stereocenters. The van der Waals surface area contributed by atoms with Crippen molar-refractivity contribution in [1.82, 2.24) is 10.2 Å². The third-order valence-corrected chi connectivity index (χ3v) is 4.55. The molecular formula is C14H12FN3O2S. The summed E-state index contributed by atoms with van der Waals surface area (Å²) in [5.74, 6) is -0.556. The van der Waals surface area contributed by atoms with E-state index in [9.17, 15) is 12.8 Å². The Morgan fingerprint density at radius 2 is 2.05 bits per heavy atom. The van der Waals surface area contributed by atoms with Crippen molar-refractivity contribution in [3.05, 3.63) is 54.0 Å². The van der Waals surface area contributed by atoms with Gasteiger partial charge in [0.05, 0.1) is 22.3 Å². The Hall–Kier alpha value is -2.41. The van der Waals surface area contributed by atoms with Crippen LogP contribution in [0.25, 0.3) is 10.9 Å². The molecule has 0 unspecified atom stereocenters. The molecule has 1 aromatic heterocycles. The molecule has 0 bridgehead atoms. The van der Waals surface area contributed by atoms with E-state index in [1.165, 1.54) is 18.3 Å². The second-order valence-electron chi connectivity index (χ2n) is 4.65. The van der Waals surface area contributed by atoms with Crippen LogP contribution in [0, 0.1) is 12.7 Å². The molecule has 0 aliphatic heterocycles. The number of sulfonamides is 1. The zero-order valence-electron chi connectivity index (χ0n) is 11.1. The highest BCUT2D eigenvalue weighted by atomic mass is 32.2. The maximum Gasteiger partial charge on any atom is 0.262 e. The van der Waals surface area contributed by atoms with Crippen LogP contribution in [0.4, 0.5) is 10.1 Å². The first kappa shape index (κ1) is 13.6. The molecule has 108 valence electrons. The lowest BCUT2D eigenvalue weighted by Crippen LogP contribution is -2.13. The highest BCUT2D eigenvalue weighted by Crippen LogP contribution is 2.24. The van der Waals surface area contributed by atoms with Gasteiger partial charge in [0.2, 0.25) is 0 Å². The van der Waals surface area contributed by atoms with E-state index in [1.807, 2.05) is 0 Å². The molecule has 3 rings (SSSR count). The Morgan fingerprint density at radius 1 is 1.24 bits per heavy atom. The second-order valence-corrected chi connectivity index (χ2v) is 6.34. The minimum Gasteiger partial charge on any atom is -0.279 e. The summed E-state index contributed by atoms with van der Waals surface area (Å²) < 4.78 is 40.6. The standard InChI is InChI=1S/C14H12FN3O2S/c1-9-5-6-10(7-12(9)15)21(19,20)18-14-4-2-3-13-11(14)8-16-17-13/h2-8,18H,1H3,(H,16,17). The number of aromatic nitrogens is 2. The van der Waals surface area contributed by atoms with Crippen LogP contribution in [-0.2, 0) is 10.0 Å². The number of rotatable bonds is 3. The molecule has 0 saturated heterocycles. The van der Waals surface area contributed by atoms with Crippen molar-refractivity contribution in [3.8, 4) is 0 Å². The van der Waals surface area contributed by atoms with E-state index in [-0.39, 0.29) is 4.90 Å². The fourth-order valence-corrected chi connectivity index (χ4v) is 3.09. The topological polar surface area (TPSA) is 74.8 Å². The van der Waals surface area contributed by atoms with Gasteiger partial charge in [0.25, 0.3) is 10.0 Å². The van der Waals surface area contributed by atoms with E-state index in [1.54, 1.807) is 25.1 Å². The molecule has 0 fully saturated rings. The number of nitrogens with one attached hydrogen (secondary N) is 2. The molecule has 0 aliphatic rings. The first-order valence-corrected chi connectivity index (χ1v) is 7.67. The third-order valence-electron chi connectivity index (χ3n) is 3.18. The monoisotopic (exact) mass is 305 g/mol. The van der Waals surface area contributed by atoms with Gasteiger partial charge in [-0.2, -0.15) is 5.10 Å². The van der Waals surface area contributed by atoms with Crippen molar-refractivity contribution in [1.29, 1.82) is 0 Å². The van der Waals surface area contributed by atoms with Crippen LogP contribution >= 0.6 is 0 Å². The van der Waals surface area contributed by atoms with Gasteiger partial charge in [-0.15, -0.1) is 0 Å². The van der Waals surface area contributed by atoms with E-state index in [0.29, 0.717) is 22.2 Å². The summed E-state index contributed by atoms with van der Waals surface area (Å²) in [6, 6.07) is 8.92. The van der Waals surface area contributed by atoms with E-state index in [2.05, 4.69) is 14.9 Å². The average molecular weight is 305 g/mol. The number of nitrogens with zero attached hydrogens (tertiary/aromatic N) is 1. The van der Waals surface area contributed by atoms with Crippen LogP contribution in [0.5, 0.6) is 0 Å². The van der Waals surface area contributed by atoms with Crippen molar-refractivity contribution in [3.63, 3.8) is 0 Å². The minimum absolute atomic E-state index is 0.119. The maximum atomic E-state index is 13.5. The molecule has 0 spiro atoms. The Labute approximate surface area is 120 Å². The lowest BCUT2D eigenvalue weighted by molar-refractivity contribution is 0.593. The number of fused-ring (bicyclic) bond motifs is 1. The number of aromatic amines is 1. The van der Waals surface area contributed by atoms with E-state index in [4.69, 9.17) is 0 Å². The Bertz CT molecular complexity index is 919. The third kappa shape index (κ3) is 2.47. The quantitative estimate of drug-likeness (QED) is 0.781. The van der Waals surface area contributed by atoms with Crippen LogP contribution < -0.4 is 4.72 Å². The zero-order valence-corrected chi connectivity index (χ0v) is 11.9. The minimum atomic E-state index is -3.85. The molecule has 3 aromatic rings. The highest BCUT2D eigenvalue weighted by Gasteiger charge is 2.17. The predicted molar refractivity (Wildman–Crippen MR) is 78.0 cm³/mol. The molecule has 21 heavy (non-hydrogen) atoms. The van der Waals surface area contributed by atoms with Gasteiger partial charge in [0, 0.05) is 5.39 Å². The highest BCUT2D eigenvalue weighted by molar-refractivity contribution is 7.92. The Balaban J connectivity index is 2.03. The smallest absolute Gasteiger partial charge is 0.262 e. The van der Waals surface area contributed by atoms with Gasteiger partial charge in [-0.25, -0.2) is 12.8 Å². The van der Waals surface area contributed by atoms with E-state index >= 15 is 0 Å². The molecule has 1 heterocycles. The second kappa shape index (κ2) is 4.85. The van der Waals surface area contributed by atoms with E-state index < -0.39 is 15.8 Å². The fourth-order valence-electron chi connectivity index (χ4n) is 2.00. The van der Waals surface area contributed by atoms with Gasteiger partial charge in [0.1, 0.15) is 5.82 Å². The molecule has 2 aromatic carbocycles. The van der Waals surface area contributed by atoms with Crippen molar-refractivity contribution in [2.24, 2.45) is 0 Å². The van der Waals surface area contributed by atoms with Crippen molar-refractivity contribution >= 4 is 26.6 Å². The van der Waals surface area contributed by atoms with Crippen LogP contribution in [0.1, 0.15) is 5.56 Å². The fraction of sp³-hybridized carbons (Fsp3) is 0.0714. The van der Waals surface area contributed by atoms with Crippen LogP contribution in [0.2, 0.25) is 0 Å². The summed E-state index contributed by atoms with van der Waals surface area (Å²) in [6.45, 7) is 1.57. The summed E-state index contributed by atoms with van der Waals surface area (Å²) in [5.41, 5.74) is 1.50. The predicted octanol–water partition coefficient (Wildman–Crippen LogP) is 2.81. The van der Waals surface area contributed by atoms with Gasteiger partial charge in [-0.05, 0) is 36.8 Å². The van der Waals surface area contributed by atoms with Gasteiger partial charge in [0.15, 0.2) is 0 Å². The Morgan fingerprint density at radius 3 is 2.81 bits per heavy atom.